The molecule has 92 valence electrons. The Hall–Kier alpha value is -0.940. The van der Waals surface area contributed by atoms with Crippen LogP contribution in [0.3, 0.4) is 0 Å². The molecule has 0 aromatic heterocycles. The zero-order valence-corrected chi connectivity index (χ0v) is 10.9. The minimum atomic E-state index is -1.38. The summed E-state index contributed by atoms with van der Waals surface area (Å²) in [4.78, 5) is 11.4. The quantitative estimate of drug-likeness (QED) is 0.899. The van der Waals surface area contributed by atoms with Crippen LogP contribution in [0, 0.1) is 5.82 Å². The van der Waals surface area contributed by atoms with Crippen LogP contribution in [-0.2, 0) is 10.3 Å². The first-order valence-electron chi connectivity index (χ1n) is 5.40. The predicted molar refractivity (Wildman–Crippen MR) is 65.2 cm³/mol. The van der Waals surface area contributed by atoms with Gasteiger partial charge in [0.25, 0.3) is 0 Å². The smallest absolute Gasteiger partial charge is 0.328 e. The van der Waals surface area contributed by atoms with E-state index in [-0.39, 0.29) is 11.6 Å². The van der Waals surface area contributed by atoms with Crippen LogP contribution in [0.25, 0.3) is 0 Å². The summed E-state index contributed by atoms with van der Waals surface area (Å²) in [6, 6.07) is 4.51. The van der Waals surface area contributed by atoms with E-state index in [1.54, 1.807) is 6.07 Å². The molecule has 5 heteroatoms. The number of benzene rings is 1. The van der Waals surface area contributed by atoms with Gasteiger partial charge in [-0.25, -0.2) is 9.18 Å². The summed E-state index contributed by atoms with van der Waals surface area (Å²) in [5, 5.41) is 12.3. The standard InChI is InChI=1S/C12H13BrFNO2/c1-12(11(16)17,15-8-3-4-8)9-6-7(13)2-5-10(9)14/h2,5-6,8,15H,3-4H2,1H3,(H,16,17). The van der Waals surface area contributed by atoms with Crippen molar-refractivity contribution in [2.24, 2.45) is 0 Å². The molecule has 3 nitrogen and oxygen atoms in total. The van der Waals surface area contributed by atoms with Crippen molar-refractivity contribution in [1.29, 1.82) is 0 Å². The first kappa shape index (κ1) is 12.5. The number of aliphatic carboxylic acids is 1. The molecule has 1 aromatic carbocycles. The molecule has 0 aliphatic heterocycles. The van der Waals surface area contributed by atoms with E-state index in [1.807, 2.05) is 0 Å². The fraction of sp³-hybridized carbons (Fsp3) is 0.417. The van der Waals surface area contributed by atoms with Gasteiger partial charge in [0.1, 0.15) is 11.4 Å². The van der Waals surface area contributed by atoms with Crippen molar-refractivity contribution in [1.82, 2.24) is 5.32 Å². The van der Waals surface area contributed by atoms with E-state index in [2.05, 4.69) is 21.2 Å². The molecule has 0 bridgehead atoms. The number of carboxylic acid groups (broad SMARTS) is 1. The minimum Gasteiger partial charge on any atom is -0.480 e. The van der Waals surface area contributed by atoms with E-state index >= 15 is 0 Å². The van der Waals surface area contributed by atoms with Gasteiger partial charge in [-0.15, -0.1) is 0 Å². The Labute approximate surface area is 107 Å². The Morgan fingerprint density at radius 2 is 2.24 bits per heavy atom. The topological polar surface area (TPSA) is 49.3 Å². The van der Waals surface area contributed by atoms with Crippen molar-refractivity contribution in [2.75, 3.05) is 0 Å². The molecule has 1 aliphatic rings. The lowest BCUT2D eigenvalue weighted by Crippen LogP contribution is -2.48. The van der Waals surface area contributed by atoms with Gasteiger partial charge in [0.05, 0.1) is 0 Å². The Morgan fingerprint density at radius 3 is 2.76 bits per heavy atom. The van der Waals surface area contributed by atoms with Crippen molar-refractivity contribution >= 4 is 21.9 Å². The van der Waals surface area contributed by atoms with Gasteiger partial charge >= 0.3 is 5.97 Å². The van der Waals surface area contributed by atoms with Crippen LogP contribution in [0.4, 0.5) is 4.39 Å². The number of carboxylic acids is 1. The fourth-order valence-corrected chi connectivity index (χ4v) is 2.13. The Bertz CT molecular complexity index is 462. The third-order valence-electron chi connectivity index (χ3n) is 2.96. The van der Waals surface area contributed by atoms with Gasteiger partial charge in [0.15, 0.2) is 0 Å². The highest BCUT2D eigenvalue weighted by Crippen LogP contribution is 2.31. The Kier molecular flexibility index (Phi) is 3.23. The third-order valence-corrected chi connectivity index (χ3v) is 3.46. The average molecular weight is 302 g/mol. The molecule has 2 rings (SSSR count). The van der Waals surface area contributed by atoms with E-state index in [9.17, 15) is 14.3 Å². The largest absolute Gasteiger partial charge is 0.480 e. The molecule has 0 amide bonds. The first-order chi connectivity index (χ1) is 7.93. The first-order valence-corrected chi connectivity index (χ1v) is 6.19. The summed E-state index contributed by atoms with van der Waals surface area (Å²) in [7, 11) is 0. The molecule has 2 N–H and O–H groups in total. The monoisotopic (exact) mass is 301 g/mol. The average Bonchev–Trinajstić information content (AvgIpc) is 3.05. The SMILES string of the molecule is CC(NC1CC1)(C(=O)O)c1cc(Br)ccc1F. The second-order valence-corrected chi connectivity index (χ2v) is 5.39. The van der Waals surface area contributed by atoms with Gasteiger partial charge in [-0.1, -0.05) is 15.9 Å². The molecule has 17 heavy (non-hydrogen) atoms. The molecule has 1 aromatic rings. The van der Waals surface area contributed by atoms with Crippen LogP contribution in [0.2, 0.25) is 0 Å². The molecule has 0 spiro atoms. The molecule has 1 unspecified atom stereocenters. The van der Waals surface area contributed by atoms with Crippen LogP contribution < -0.4 is 5.32 Å². The zero-order chi connectivity index (χ0) is 12.6. The number of hydrogen-bond donors (Lipinski definition) is 2. The number of nitrogens with one attached hydrogen (secondary N) is 1. The summed E-state index contributed by atoms with van der Waals surface area (Å²) in [5.41, 5.74) is -1.22. The van der Waals surface area contributed by atoms with Crippen LogP contribution >= 0.6 is 15.9 Å². The molecule has 0 heterocycles. The normalized spacial score (nSPS) is 18.8. The lowest BCUT2D eigenvalue weighted by molar-refractivity contribution is -0.144. The van der Waals surface area contributed by atoms with Crippen LogP contribution in [0.5, 0.6) is 0 Å². The van der Waals surface area contributed by atoms with Gasteiger partial charge < -0.3 is 5.11 Å². The maximum absolute atomic E-state index is 13.8. The van der Waals surface area contributed by atoms with E-state index in [0.717, 1.165) is 12.8 Å². The lowest BCUT2D eigenvalue weighted by atomic mass is 9.91. The number of halogens is 2. The van der Waals surface area contributed by atoms with Crippen LogP contribution in [0.15, 0.2) is 22.7 Å². The van der Waals surface area contributed by atoms with Gasteiger partial charge in [-0.3, -0.25) is 5.32 Å². The van der Waals surface area contributed by atoms with Crippen molar-refractivity contribution in [3.8, 4) is 0 Å². The molecule has 1 saturated carbocycles. The number of carbonyl (C=O) groups is 1. The van der Waals surface area contributed by atoms with E-state index < -0.39 is 17.3 Å². The molecular formula is C12H13BrFNO2. The second kappa shape index (κ2) is 4.38. The summed E-state index contributed by atoms with van der Waals surface area (Å²) in [6.45, 7) is 1.50. The van der Waals surface area contributed by atoms with Crippen LogP contribution in [0.1, 0.15) is 25.3 Å². The lowest BCUT2D eigenvalue weighted by Gasteiger charge is -2.27. The van der Waals surface area contributed by atoms with E-state index in [0.29, 0.717) is 4.47 Å². The number of rotatable bonds is 4. The maximum Gasteiger partial charge on any atom is 0.328 e. The number of hydrogen-bond acceptors (Lipinski definition) is 2. The van der Waals surface area contributed by atoms with Crippen molar-refractivity contribution in [3.05, 3.63) is 34.1 Å². The van der Waals surface area contributed by atoms with E-state index in [1.165, 1.54) is 19.1 Å². The van der Waals surface area contributed by atoms with Crippen molar-refractivity contribution < 1.29 is 14.3 Å². The van der Waals surface area contributed by atoms with Crippen molar-refractivity contribution in [3.63, 3.8) is 0 Å². The summed E-state index contributed by atoms with van der Waals surface area (Å²) in [5.74, 6) is -1.58. The molecule has 0 saturated heterocycles. The predicted octanol–water partition coefficient (Wildman–Crippen LogP) is 2.64. The Morgan fingerprint density at radius 1 is 1.59 bits per heavy atom. The summed E-state index contributed by atoms with van der Waals surface area (Å²) >= 11 is 3.23. The van der Waals surface area contributed by atoms with Gasteiger partial charge in [-0.2, -0.15) is 0 Å². The summed E-state index contributed by atoms with van der Waals surface area (Å²) < 4.78 is 14.4. The fourth-order valence-electron chi connectivity index (χ4n) is 1.77. The van der Waals surface area contributed by atoms with Crippen molar-refractivity contribution in [2.45, 2.75) is 31.3 Å². The highest BCUT2D eigenvalue weighted by molar-refractivity contribution is 9.10. The van der Waals surface area contributed by atoms with Gasteiger partial charge in [0.2, 0.25) is 0 Å². The molecule has 1 aliphatic carbocycles. The summed E-state index contributed by atoms with van der Waals surface area (Å²) in [6.07, 6.45) is 1.89. The zero-order valence-electron chi connectivity index (χ0n) is 9.34. The van der Waals surface area contributed by atoms with Gasteiger partial charge in [-0.05, 0) is 38.0 Å². The minimum absolute atomic E-state index is 0.159. The second-order valence-electron chi connectivity index (χ2n) is 4.47. The third kappa shape index (κ3) is 2.50. The van der Waals surface area contributed by atoms with Gasteiger partial charge in [0, 0.05) is 16.1 Å². The van der Waals surface area contributed by atoms with E-state index in [4.69, 9.17) is 0 Å². The molecule has 1 fully saturated rings. The van der Waals surface area contributed by atoms with Crippen LogP contribution in [-0.4, -0.2) is 17.1 Å². The highest BCUT2D eigenvalue weighted by atomic mass is 79.9. The maximum atomic E-state index is 13.8. The Balaban J connectivity index is 2.43. The molecular weight excluding hydrogens is 289 g/mol. The molecule has 1 atom stereocenters. The molecule has 0 radical (unpaired) electrons. The highest BCUT2D eigenvalue weighted by Gasteiger charge is 2.41.